The van der Waals surface area contributed by atoms with Gasteiger partial charge in [-0.1, -0.05) is 15.9 Å². The van der Waals surface area contributed by atoms with Gasteiger partial charge in [-0.3, -0.25) is 4.90 Å². The molecule has 0 saturated carbocycles. The van der Waals surface area contributed by atoms with Crippen LogP contribution >= 0.6 is 15.9 Å². The van der Waals surface area contributed by atoms with E-state index in [1.165, 1.54) is 11.1 Å². The second-order valence-electron chi connectivity index (χ2n) is 5.32. The molecule has 2 N–H and O–H groups in total. The van der Waals surface area contributed by atoms with E-state index in [-0.39, 0.29) is 0 Å². The minimum absolute atomic E-state index is 0.311. The first-order valence-electron chi connectivity index (χ1n) is 6.59. The fourth-order valence-electron chi connectivity index (χ4n) is 2.94. The van der Waals surface area contributed by atoms with Gasteiger partial charge in [0.1, 0.15) is 5.75 Å². The van der Waals surface area contributed by atoms with Crippen LogP contribution in [-0.4, -0.2) is 30.1 Å². The lowest BCUT2D eigenvalue weighted by atomic mass is 10.1. The number of halogens is 1. The smallest absolute Gasteiger partial charge is 0.127 e. The lowest BCUT2D eigenvalue weighted by Crippen LogP contribution is -2.36. The van der Waals surface area contributed by atoms with Gasteiger partial charge in [-0.15, -0.1) is 0 Å². The van der Waals surface area contributed by atoms with E-state index in [4.69, 9.17) is 10.5 Å². The highest BCUT2D eigenvalue weighted by Crippen LogP contribution is 2.34. The van der Waals surface area contributed by atoms with Crippen LogP contribution in [0.15, 0.2) is 16.6 Å². The molecule has 1 saturated heterocycles. The van der Waals surface area contributed by atoms with Crippen LogP contribution in [-0.2, 0) is 13.0 Å². The first kappa shape index (κ1) is 12.5. The normalized spacial score (nSPS) is 27.3. The molecule has 1 aromatic carbocycles. The molecule has 2 aliphatic heterocycles. The number of rotatable bonds is 2. The van der Waals surface area contributed by atoms with Crippen LogP contribution in [0.2, 0.25) is 0 Å². The summed E-state index contributed by atoms with van der Waals surface area (Å²) in [6, 6.07) is 5.12. The Kier molecular flexibility index (Phi) is 3.34. The third-order valence-electron chi connectivity index (χ3n) is 4.14. The lowest BCUT2D eigenvalue weighted by molar-refractivity contribution is 0.246. The number of nitrogens with zero attached hydrogens (tertiary/aromatic N) is 1. The molecule has 18 heavy (non-hydrogen) atoms. The highest BCUT2D eigenvalue weighted by molar-refractivity contribution is 9.10. The van der Waals surface area contributed by atoms with Gasteiger partial charge in [0.05, 0.1) is 6.61 Å². The maximum Gasteiger partial charge on any atom is 0.127 e. The van der Waals surface area contributed by atoms with E-state index in [0.29, 0.717) is 12.1 Å². The third-order valence-corrected chi connectivity index (χ3v) is 4.60. The van der Waals surface area contributed by atoms with Crippen LogP contribution in [0.1, 0.15) is 24.5 Å². The van der Waals surface area contributed by atoms with Gasteiger partial charge in [0.2, 0.25) is 0 Å². The molecular weight excluding hydrogens is 292 g/mol. The predicted octanol–water partition coefficient (Wildman–Crippen LogP) is 2.31. The summed E-state index contributed by atoms with van der Waals surface area (Å²) in [5.74, 6) is 1.10. The molecule has 98 valence electrons. The van der Waals surface area contributed by atoms with Crippen molar-refractivity contribution in [3.05, 3.63) is 27.7 Å². The first-order valence-corrected chi connectivity index (χ1v) is 7.38. The summed E-state index contributed by atoms with van der Waals surface area (Å²) in [6.07, 6.45) is 2.12. The average Bonchev–Trinajstić information content (AvgIpc) is 2.90. The SMILES string of the molecule is CC1C(N)CCN1Cc1cc(Br)cc2c1OCC2. The van der Waals surface area contributed by atoms with Gasteiger partial charge in [-0.25, -0.2) is 0 Å². The van der Waals surface area contributed by atoms with Crippen LogP contribution in [0.3, 0.4) is 0 Å². The Balaban J connectivity index is 1.85. The zero-order chi connectivity index (χ0) is 12.7. The van der Waals surface area contributed by atoms with Gasteiger partial charge in [-0.05, 0) is 31.0 Å². The number of nitrogens with two attached hydrogens (primary N) is 1. The number of benzene rings is 1. The molecule has 2 heterocycles. The fourth-order valence-corrected chi connectivity index (χ4v) is 3.49. The van der Waals surface area contributed by atoms with Gasteiger partial charge in [0.15, 0.2) is 0 Å². The Labute approximate surface area is 116 Å². The molecule has 3 nitrogen and oxygen atoms in total. The molecular formula is C14H19BrN2O. The maximum absolute atomic E-state index is 6.08. The topological polar surface area (TPSA) is 38.5 Å². The summed E-state index contributed by atoms with van der Waals surface area (Å²) in [4.78, 5) is 2.45. The standard InChI is InChI=1S/C14H19BrN2O/c1-9-13(16)2-4-17(9)8-11-7-12(15)6-10-3-5-18-14(10)11/h6-7,9,13H,2-5,8,16H2,1H3. The van der Waals surface area contributed by atoms with E-state index >= 15 is 0 Å². The van der Waals surface area contributed by atoms with E-state index in [2.05, 4.69) is 39.9 Å². The lowest BCUT2D eigenvalue weighted by Gasteiger charge is -2.24. The molecule has 0 radical (unpaired) electrons. The zero-order valence-electron chi connectivity index (χ0n) is 10.7. The van der Waals surface area contributed by atoms with Gasteiger partial charge in [0.25, 0.3) is 0 Å². The average molecular weight is 311 g/mol. The van der Waals surface area contributed by atoms with Crippen molar-refractivity contribution in [3.8, 4) is 5.75 Å². The number of hydrogen-bond acceptors (Lipinski definition) is 3. The number of fused-ring (bicyclic) bond motifs is 1. The molecule has 3 rings (SSSR count). The molecule has 2 aliphatic rings. The van der Waals surface area contributed by atoms with Gasteiger partial charge in [0, 0.05) is 41.6 Å². The Morgan fingerprint density at radius 1 is 1.50 bits per heavy atom. The van der Waals surface area contributed by atoms with Crippen LogP contribution < -0.4 is 10.5 Å². The van der Waals surface area contributed by atoms with Gasteiger partial charge in [-0.2, -0.15) is 0 Å². The fraction of sp³-hybridized carbons (Fsp3) is 0.571. The Bertz CT molecular complexity index is 463. The van der Waals surface area contributed by atoms with Crippen molar-refractivity contribution in [3.63, 3.8) is 0 Å². The van der Waals surface area contributed by atoms with Crippen molar-refractivity contribution in [2.24, 2.45) is 5.73 Å². The van der Waals surface area contributed by atoms with Crippen molar-refractivity contribution >= 4 is 15.9 Å². The number of likely N-dealkylation sites (tertiary alicyclic amines) is 1. The van der Waals surface area contributed by atoms with Crippen LogP contribution in [0.25, 0.3) is 0 Å². The van der Waals surface area contributed by atoms with Crippen LogP contribution in [0.5, 0.6) is 5.75 Å². The molecule has 1 aromatic rings. The Morgan fingerprint density at radius 2 is 2.33 bits per heavy atom. The molecule has 0 aliphatic carbocycles. The van der Waals surface area contributed by atoms with Gasteiger partial charge >= 0.3 is 0 Å². The second kappa shape index (κ2) is 4.83. The van der Waals surface area contributed by atoms with E-state index in [0.717, 1.165) is 42.8 Å². The second-order valence-corrected chi connectivity index (χ2v) is 6.23. The van der Waals surface area contributed by atoms with Crippen molar-refractivity contribution in [1.29, 1.82) is 0 Å². The number of ether oxygens (including phenoxy) is 1. The summed E-state index contributed by atoms with van der Waals surface area (Å²) in [5.41, 5.74) is 8.70. The Hall–Kier alpha value is -0.580. The summed E-state index contributed by atoms with van der Waals surface area (Å²) >= 11 is 3.59. The molecule has 0 aromatic heterocycles. The van der Waals surface area contributed by atoms with Crippen molar-refractivity contribution in [2.45, 2.75) is 38.4 Å². The Morgan fingerprint density at radius 3 is 3.06 bits per heavy atom. The third kappa shape index (κ3) is 2.17. The highest BCUT2D eigenvalue weighted by atomic mass is 79.9. The summed E-state index contributed by atoms with van der Waals surface area (Å²) in [6.45, 7) is 5.06. The summed E-state index contributed by atoms with van der Waals surface area (Å²) < 4.78 is 6.93. The van der Waals surface area contributed by atoms with Crippen molar-refractivity contribution in [1.82, 2.24) is 4.90 Å². The molecule has 1 fully saturated rings. The molecule has 0 spiro atoms. The van der Waals surface area contributed by atoms with Gasteiger partial charge < -0.3 is 10.5 Å². The van der Waals surface area contributed by atoms with E-state index in [1.807, 2.05) is 0 Å². The molecule has 4 heteroatoms. The summed E-state index contributed by atoms with van der Waals surface area (Å²) in [5, 5.41) is 0. The zero-order valence-corrected chi connectivity index (χ0v) is 12.2. The monoisotopic (exact) mass is 310 g/mol. The number of hydrogen-bond donors (Lipinski definition) is 1. The van der Waals surface area contributed by atoms with Crippen LogP contribution in [0, 0.1) is 0 Å². The summed E-state index contributed by atoms with van der Waals surface area (Å²) in [7, 11) is 0. The van der Waals surface area contributed by atoms with E-state index < -0.39 is 0 Å². The highest BCUT2D eigenvalue weighted by Gasteiger charge is 2.29. The largest absolute Gasteiger partial charge is 0.493 e. The minimum Gasteiger partial charge on any atom is -0.493 e. The van der Waals surface area contributed by atoms with Crippen LogP contribution in [0.4, 0.5) is 0 Å². The molecule has 0 bridgehead atoms. The van der Waals surface area contributed by atoms with E-state index in [1.54, 1.807) is 0 Å². The predicted molar refractivity (Wildman–Crippen MR) is 75.8 cm³/mol. The van der Waals surface area contributed by atoms with E-state index in [9.17, 15) is 0 Å². The molecule has 2 unspecified atom stereocenters. The van der Waals surface area contributed by atoms with Crippen molar-refractivity contribution in [2.75, 3.05) is 13.2 Å². The molecule has 0 amide bonds. The van der Waals surface area contributed by atoms with Crippen molar-refractivity contribution < 1.29 is 4.74 Å². The minimum atomic E-state index is 0.311. The maximum atomic E-state index is 6.08. The quantitative estimate of drug-likeness (QED) is 0.911. The molecule has 2 atom stereocenters. The first-order chi connectivity index (χ1) is 8.65.